The predicted octanol–water partition coefficient (Wildman–Crippen LogP) is 1.16. The molecule has 0 bridgehead atoms. The summed E-state index contributed by atoms with van der Waals surface area (Å²) in [6.45, 7) is -3.08. The zero-order valence-electron chi connectivity index (χ0n) is 16.2. The lowest BCUT2D eigenvalue weighted by atomic mass is 9.89. The molecule has 2 rings (SSSR count). The lowest BCUT2D eigenvalue weighted by Crippen LogP contribution is -2.18. The van der Waals surface area contributed by atoms with Crippen molar-refractivity contribution >= 4 is 5.97 Å². The summed E-state index contributed by atoms with van der Waals surface area (Å²) in [5, 5.41) is 0. The minimum absolute atomic E-state index is 0.284. The van der Waals surface area contributed by atoms with Gasteiger partial charge in [-0.05, 0) is 12.8 Å². The molecule has 1 aromatic rings. The second kappa shape index (κ2) is 4.04. The Bertz CT molecular complexity index is 641. The zero-order chi connectivity index (χ0) is 17.8. The fourth-order valence-electron chi connectivity index (χ4n) is 1.39. The lowest BCUT2D eigenvalue weighted by molar-refractivity contribution is -0.141. The number of hydrogen-bond acceptors (Lipinski definition) is 3. The largest absolute Gasteiger partial charge is 0.465 e. The van der Waals surface area contributed by atoms with Crippen molar-refractivity contribution in [1.29, 1.82) is 0 Å². The first-order chi connectivity index (χ1) is 10.3. The van der Waals surface area contributed by atoms with E-state index in [1.54, 1.807) is 0 Å². The first-order valence-corrected chi connectivity index (χ1v) is 4.48. The molecule has 1 aromatic heterocycles. The maximum atomic E-state index is 11.9. The maximum Gasteiger partial charge on any atom is 0.309 e. The van der Waals surface area contributed by atoms with Gasteiger partial charge in [-0.1, -0.05) is 6.85 Å². The van der Waals surface area contributed by atoms with Crippen LogP contribution in [0, 0.1) is 11.8 Å². The van der Waals surface area contributed by atoms with E-state index in [0.717, 1.165) is 4.57 Å². The molecule has 0 amide bonds. The van der Waals surface area contributed by atoms with Crippen molar-refractivity contribution in [1.82, 2.24) is 9.55 Å². The van der Waals surface area contributed by atoms with Crippen LogP contribution in [0.1, 0.15) is 29.9 Å². The molecule has 0 spiro atoms. The van der Waals surface area contributed by atoms with E-state index >= 15 is 0 Å². The highest BCUT2D eigenvalue weighted by Gasteiger charge is 2.35. The molecule has 0 radical (unpaired) electrons. The molecule has 0 aromatic carbocycles. The van der Waals surface area contributed by atoms with E-state index in [2.05, 4.69) is 4.98 Å². The molecule has 1 aliphatic heterocycles. The number of rotatable bonds is 3. The Morgan fingerprint density at radius 1 is 2.00 bits per heavy atom. The van der Waals surface area contributed by atoms with E-state index in [-0.39, 0.29) is 12.0 Å². The van der Waals surface area contributed by atoms with Gasteiger partial charge in [-0.3, -0.25) is 4.79 Å². The summed E-state index contributed by atoms with van der Waals surface area (Å²) in [6.07, 6.45) is -4.12. The number of hydrogen-bond donors (Lipinski definition) is 0. The fourth-order valence-corrected chi connectivity index (χ4v) is 1.39. The quantitative estimate of drug-likeness (QED) is 0.712. The Kier molecular flexibility index (Phi) is 1.15. The molecule has 0 aliphatic carbocycles. The molecule has 82 valence electrons. The van der Waals surface area contributed by atoms with E-state index in [9.17, 15) is 4.79 Å². The molecule has 1 fully saturated rings. The van der Waals surface area contributed by atoms with Crippen molar-refractivity contribution in [3.05, 3.63) is 18.2 Å². The van der Waals surface area contributed by atoms with Gasteiger partial charge in [-0.25, -0.2) is 4.98 Å². The van der Waals surface area contributed by atoms with Gasteiger partial charge in [0.1, 0.15) is 1.37 Å². The van der Waals surface area contributed by atoms with Crippen molar-refractivity contribution in [2.45, 2.75) is 19.6 Å². The third kappa shape index (κ3) is 1.89. The van der Waals surface area contributed by atoms with Crippen molar-refractivity contribution in [3.63, 3.8) is 0 Å². The van der Waals surface area contributed by atoms with Crippen molar-refractivity contribution in [2.75, 3.05) is 6.61 Å². The first kappa shape index (κ1) is 4.28. The Hall–Kier alpha value is -1.32. The SMILES string of the molecule is [2H]c1nc([2H])n(C)c1C([2H])([2H])[C@H]1COC(=O)[C@@]1([2H])CC([2H])([2H])[2H]. The Labute approximate surface area is 100 Å². The maximum absolute atomic E-state index is 11.9. The molecule has 15 heavy (non-hydrogen) atoms. The van der Waals surface area contributed by atoms with Gasteiger partial charge < -0.3 is 9.30 Å². The van der Waals surface area contributed by atoms with Crippen LogP contribution < -0.4 is 0 Å². The van der Waals surface area contributed by atoms with Crippen LogP contribution in [0.2, 0.25) is 0 Å². The number of esters is 1. The highest BCUT2D eigenvalue weighted by Crippen LogP contribution is 2.27. The molecule has 1 saturated heterocycles. The summed E-state index contributed by atoms with van der Waals surface area (Å²) in [7, 11) is 1.34. The van der Waals surface area contributed by atoms with E-state index in [1.807, 2.05) is 0 Å². The van der Waals surface area contributed by atoms with Crippen molar-refractivity contribution < 1.29 is 20.5 Å². The number of imidazole rings is 1. The molecule has 0 saturated carbocycles. The minimum atomic E-state index is -2.61. The topological polar surface area (TPSA) is 44.1 Å². The normalized spacial score (nSPS) is 40.1. The summed E-state index contributed by atoms with van der Waals surface area (Å²) in [6, 6.07) is 0. The van der Waals surface area contributed by atoms with Crippen LogP contribution in [0.3, 0.4) is 0 Å². The molecular weight excluding hydrogens is 192 g/mol. The third-order valence-corrected chi connectivity index (χ3v) is 2.26. The third-order valence-electron chi connectivity index (χ3n) is 2.26. The van der Waals surface area contributed by atoms with Crippen LogP contribution in [-0.4, -0.2) is 22.1 Å². The van der Waals surface area contributed by atoms with Crippen molar-refractivity contribution in [2.24, 2.45) is 18.9 Å². The number of aromatic nitrogens is 2. The van der Waals surface area contributed by atoms with Gasteiger partial charge in [0.05, 0.1) is 20.2 Å². The molecule has 2 heterocycles. The number of ether oxygens (including phenoxy) is 1. The fraction of sp³-hybridized carbons (Fsp3) is 0.636. The molecule has 0 unspecified atom stereocenters. The number of nitrogens with zero attached hydrogens (tertiary/aromatic N) is 2. The highest BCUT2D eigenvalue weighted by molar-refractivity contribution is 5.74. The van der Waals surface area contributed by atoms with E-state index in [1.165, 1.54) is 7.05 Å². The van der Waals surface area contributed by atoms with Crippen LogP contribution in [0.4, 0.5) is 0 Å². The van der Waals surface area contributed by atoms with E-state index in [4.69, 9.17) is 15.7 Å². The predicted molar refractivity (Wildman–Crippen MR) is 55.1 cm³/mol. The van der Waals surface area contributed by atoms with Gasteiger partial charge >= 0.3 is 5.97 Å². The monoisotopic (exact) mass is 216 g/mol. The molecule has 2 atom stereocenters. The van der Waals surface area contributed by atoms with Gasteiger partial charge in [0.25, 0.3) is 0 Å². The second-order valence-electron chi connectivity index (χ2n) is 3.23. The van der Waals surface area contributed by atoms with Gasteiger partial charge in [0, 0.05) is 33.1 Å². The minimum Gasteiger partial charge on any atom is -0.465 e. The van der Waals surface area contributed by atoms with Gasteiger partial charge in [0.15, 0.2) is 0 Å². The standard InChI is InChI=1S/C11H16N2O2/c1-3-10-8(6-15-11(10)14)4-9-5-12-7-13(9)2/h5,7-8,10H,3-4,6H2,1-2H3/t8-,10-/m0/s1/i1D3,4D2,5D,7D,10D. The second-order valence-corrected chi connectivity index (χ2v) is 3.23. The van der Waals surface area contributed by atoms with Crippen LogP contribution in [-0.2, 0) is 23.0 Å². The van der Waals surface area contributed by atoms with Crippen LogP contribution in [0.15, 0.2) is 12.5 Å². The summed E-state index contributed by atoms with van der Waals surface area (Å²) >= 11 is 0. The molecule has 0 N–H and O–H groups in total. The summed E-state index contributed by atoms with van der Waals surface area (Å²) in [4.78, 5) is 15.5. The molecule has 1 aliphatic rings. The van der Waals surface area contributed by atoms with Crippen LogP contribution >= 0.6 is 0 Å². The molecule has 4 heteroatoms. The average Bonchev–Trinajstić information content (AvgIpc) is 2.76. The van der Waals surface area contributed by atoms with Crippen LogP contribution in [0.25, 0.3) is 0 Å². The Balaban J connectivity index is 2.51. The lowest BCUT2D eigenvalue weighted by Gasteiger charge is -2.12. The molecular formula is C11H16N2O2. The summed E-state index contributed by atoms with van der Waals surface area (Å²) < 4.78 is 67.8. The number of carbonyl (C=O) groups is 1. The summed E-state index contributed by atoms with van der Waals surface area (Å²) in [5.41, 5.74) is -0.284. The molecule has 4 nitrogen and oxygen atoms in total. The number of cyclic esters (lactones) is 1. The Morgan fingerprint density at radius 3 is 3.53 bits per heavy atom. The first-order valence-electron chi connectivity index (χ1n) is 8.48. The van der Waals surface area contributed by atoms with E-state index in [0.29, 0.717) is 0 Å². The highest BCUT2D eigenvalue weighted by atomic mass is 16.5. The van der Waals surface area contributed by atoms with Gasteiger partial charge in [0.2, 0.25) is 0 Å². The van der Waals surface area contributed by atoms with Gasteiger partial charge in [-0.15, -0.1) is 0 Å². The zero-order valence-corrected chi connectivity index (χ0v) is 8.20. The van der Waals surface area contributed by atoms with Gasteiger partial charge in [-0.2, -0.15) is 0 Å². The average molecular weight is 216 g/mol. The van der Waals surface area contributed by atoms with Crippen molar-refractivity contribution in [3.8, 4) is 0 Å². The summed E-state index contributed by atoms with van der Waals surface area (Å²) in [5.74, 6) is -4.82. The Morgan fingerprint density at radius 2 is 2.87 bits per heavy atom. The smallest absolute Gasteiger partial charge is 0.309 e. The number of carbonyl (C=O) groups excluding carboxylic acids is 1. The van der Waals surface area contributed by atoms with E-state index < -0.39 is 50.2 Å². The van der Waals surface area contributed by atoms with Crippen LogP contribution in [0.5, 0.6) is 0 Å².